The van der Waals surface area contributed by atoms with Crippen LogP contribution in [-0.4, -0.2) is 31.2 Å². The van der Waals surface area contributed by atoms with Gasteiger partial charge in [0.05, 0.1) is 0 Å². The Bertz CT molecular complexity index is 306. The minimum Gasteiger partial charge on any atom is -0.381 e. The molecule has 1 aliphatic heterocycles. The summed E-state index contributed by atoms with van der Waals surface area (Å²) in [7, 11) is 0. The van der Waals surface area contributed by atoms with Crippen molar-refractivity contribution in [1.82, 2.24) is 0 Å². The lowest BCUT2D eigenvalue weighted by atomic mass is 9.67. The number of carbonyl (C=O) groups excluding carboxylic acids is 1. The average molecular weight is 268 g/mol. The zero-order valence-corrected chi connectivity index (χ0v) is 12.7. The molecule has 3 heteroatoms. The summed E-state index contributed by atoms with van der Waals surface area (Å²) in [5.74, 6) is 0.509. The van der Waals surface area contributed by atoms with Gasteiger partial charge in [0.25, 0.3) is 0 Å². The predicted molar refractivity (Wildman–Crippen MR) is 75.2 cm³/mol. The monoisotopic (exact) mass is 268 g/mol. The highest BCUT2D eigenvalue weighted by atomic mass is 16.5. The van der Waals surface area contributed by atoms with Crippen LogP contribution in [0.15, 0.2) is 0 Å². The van der Waals surface area contributed by atoms with Crippen LogP contribution in [0.1, 0.15) is 59.3 Å². The van der Waals surface area contributed by atoms with Gasteiger partial charge >= 0.3 is 0 Å². The molecule has 0 bridgehead atoms. The van der Waals surface area contributed by atoms with Gasteiger partial charge in [-0.05, 0) is 50.9 Å². The first-order valence-electron chi connectivity index (χ1n) is 7.75. The van der Waals surface area contributed by atoms with Crippen molar-refractivity contribution in [3.8, 4) is 0 Å². The van der Waals surface area contributed by atoms with E-state index in [-0.39, 0.29) is 5.92 Å². The van der Waals surface area contributed by atoms with Gasteiger partial charge in [-0.3, -0.25) is 4.79 Å². The fourth-order valence-corrected chi connectivity index (χ4v) is 3.40. The highest BCUT2D eigenvalue weighted by molar-refractivity contribution is 5.89. The molecule has 0 N–H and O–H groups in total. The molecule has 0 unspecified atom stereocenters. The van der Waals surface area contributed by atoms with Crippen molar-refractivity contribution in [2.75, 3.05) is 19.8 Å². The molecule has 1 saturated heterocycles. The minimum absolute atomic E-state index is 0.154. The maximum Gasteiger partial charge on any atom is 0.167 e. The van der Waals surface area contributed by atoms with E-state index in [4.69, 9.17) is 9.47 Å². The Kier molecular flexibility index (Phi) is 4.67. The lowest BCUT2D eigenvalue weighted by Crippen LogP contribution is -2.50. The molecule has 0 radical (unpaired) electrons. The summed E-state index contributed by atoms with van der Waals surface area (Å²) in [6, 6.07) is 0. The molecule has 1 aliphatic carbocycles. The van der Waals surface area contributed by atoms with Crippen LogP contribution in [0, 0.1) is 11.3 Å². The van der Waals surface area contributed by atoms with Crippen LogP contribution < -0.4 is 0 Å². The fourth-order valence-electron chi connectivity index (χ4n) is 3.40. The topological polar surface area (TPSA) is 35.5 Å². The largest absolute Gasteiger partial charge is 0.381 e. The maximum absolute atomic E-state index is 12.9. The molecule has 0 aromatic heterocycles. The molecule has 2 aliphatic rings. The van der Waals surface area contributed by atoms with Gasteiger partial charge in [0.15, 0.2) is 5.78 Å². The zero-order valence-electron chi connectivity index (χ0n) is 12.7. The zero-order chi connectivity index (χ0) is 13.9. The van der Waals surface area contributed by atoms with E-state index >= 15 is 0 Å². The van der Waals surface area contributed by atoms with Gasteiger partial charge in [-0.25, -0.2) is 0 Å². The van der Waals surface area contributed by atoms with Crippen LogP contribution in [0.2, 0.25) is 0 Å². The van der Waals surface area contributed by atoms with E-state index in [9.17, 15) is 4.79 Å². The number of carbonyl (C=O) groups is 1. The smallest absolute Gasteiger partial charge is 0.167 e. The molecule has 2 fully saturated rings. The van der Waals surface area contributed by atoms with E-state index in [0.717, 1.165) is 51.7 Å². The van der Waals surface area contributed by atoms with Gasteiger partial charge in [0.2, 0.25) is 0 Å². The van der Waals surface area contributed by atoms with Crippen LogP contribution in [0.25, 0.3) is 0 Å². The summed E-state index contributed by atoms with van der Waals surface area (Å²) in [5.41, 5.74) is -0.136. The van der Waals surface area contributed by atoms with Gasteiger partial charge < -0.3 is 9.47 Å². The molecular formula is C16H28O3. The summed E-state index contributed by atoms with van der Waals surface area (Å²) >= 11 is 0. The number of rotatable bonds is 4. The first kappa shape index (κ1) is 15.0. The van der Waals surface area contributed by atoms with Crippen LogP contribution in [0.3, 0.4) is 0 Å². The van der Waals surface area contributed by atoms with Crippen molar-refractivity contribution in [3.63, 3.8) is 0 Å². The second-order valence-electron chi connectivity index (χ2n) is 6.84. The first-order valence-corrected chi connectivity index (χ1v) is 7.75. The van der Waals surface area contributed by atoms with Crippen LogP contribution in [0.4, 0.5) is 0 Å². The number of ketones is 1. The molecule has 0 spiro atoms. The summed E-state index contributed by atoms with van der Waals surface area (Å²) in [5, 5.41) is 0. The Labute approximate surface area is 117 Å². The van der Waals surface area contributed by atoms with Crippen molar-refractivity contribution in [2.24, 2.45) is 11.3 Å². The van der Waals surface area contributed by atoms with E-state index in [1.165, 1.54) is 0 Å². The molecule has 0 amide bonds. The van der Waals surface area contributed by atoms with Crippen molar-refractivity contribution in [2.45, 2.75) is 64.9 Å². The maximum atomic E-state index is 12.9. The Balaban J connectivity index is 2.08. The predicted octanol–water partition coefficient (Wildman–Crippen LogP) is 3.36. The Morgan fingerprint density at radius 2 is 1.74 bits per heavy atom. The highest BCUT2D eigenvalue weighted by Gasteiger charge is 2.46. The standard InChI is InChI=1S/C16H28O3/c1-4-19-16(9-7-15(2,3)8-10-16)14(17)13-5-11-18-12-6-13/h13H,4-12H2,1-3H3. The van der Waals surface area contributed by atoms with E-state index in [1.807, 2.05) is 6.92 Å². The van der Waals surface area contributed by atoms with Crippen molar-refractivity contribution < 1.29 is 14.3 Å². The normalized spacial score (nSPS) is 27.1. The Hall–Kier alpha value is -0.410. The molecule has 3 nitrogen and oxygen atoms in total. The SMILES string of the molecule is CCOC1(C(=O)C2CCOCC2)CCC(C)(C)CC1. The molecular weight excluding hydrogens is 240 g/mol. The fraction of sp³-hybridized carbons (Fsp3) is 0.938. The van der Waals surface area contributed by atoms with Crippen molar-refractivity contribution in [3.05, 3.63) is 0 Å². The summed E-state index contributed by atoms with van der Waals surface area (Å²) in [4.78, 5) is 12.9. The van der Waals surface area contributed by atoms with E-state index in [1.54, 1.807) is 0 Å². The molecule has 0 aromatic rings. The van der Waals surface area contributed by atoms with E-state index < -0.39 is 5.60 Å². The molecule has 0 aromatic carbocycles. The second-order valence-corrected chi connectivity index (χ2v) is 6.84. The quantitative estimate of drug-likeness (QED) is 0.784. The Morgan fingerprint density at radius 3 is 2.26 bits per heavy atom. The van der Waals surface area contributed by atoms with E-state index in [0.29, 0.717) is 17.8 Å². The molecule has 2 rings (SSSR count). The number of ether oxygens (including phenoxy) is 2. The lowest BCUT2D eigenvalue weighted by Gasteiger charge is -2.44. The van der Waals surface area contributed by atoms with Gasteiger partial charge in [0, 0.05) is 25.7 Å². The molecule has 110 valence electrons. The molecule has 19 heavy (non-hydrogen) atoms. The van der Waals surface area contributed by atoms with E-state index in [2.05, 4.69) is 13.8 Å². The van der Waals surface area contributed by atoms with Crippen LogP contribution in [-0.2, 0) is 14.3 Å². The van der Waals surface area contributed by atoms with Gasteiger partial charge in [-0.1, -0.05) is 13.8 Å². The minimum atomic E-state index is -0.494. The van der Waals surface area contributed by atoms with Crippen LogP contribution >= 0.6 is 0 Å². The number of Topliss-reactive ketones (excluding diaryl/α,β-unsaturated/α-hetero) is 1. The molecule has 0 atom stereocenters. The van der Waals surface area contributed by atoms with Crippen molar-refractivity contribution >= 4 is 5.78 Å². The third-order valence-electron chi connectivity index (χ3n) is 4.87. The van der Waals surface area contributed by atoms with Crippen molar-refractivity contribution in [1.29, 1.82) is 0 Å². The van der Waals surface area contributed by atoms with Crippen LogP contribution in [0.5, 0.6) is 0 Å². The number of hydrogen-bond acceptors (Lipinski definition) is 3. The Morgan fingerprint density at radius 1 is 1.16 bits per heavy atom. The highest BCUT2D eigenvalue weighted by Crippen LogP contribution is 2.44. The summed E-state index contributed by atoms with van der Waals surface area (Å²) in [6.07, 6.45) is 5.70. The number of hydrogen-bond donors (Lipinski definition) is 0. The summed E-state index contributed by atoms with van der Waals surface area (Å²) < 4.78 is 11.4. The molecule has 1 saturated carbocycles. The third-order valence-corrected chi connectivity index (χ3v) is 4.87. The average Bonchev–Trinajstić information content (AvgIpc) is 2.42. The summed E-state index contributed by atoms with van der Waals surface area (Å²) in [6.45, 7) is 8.67. The van der Waals surface area contributed by atoms with Gasteiger partial charge in [0.1, 0.15) is 5.60 Å². The lowest BCUT2D eigenvalue weighted by molar-refractivity contribution is -0.159. The van der Waals surface area contributed by atoms with Gasteiger partial charge in [-0.15, -0.1) is 0 Å². The third kappa shape index (κ3) is 3.38. The second kappa shape index (κ2) is 5.92. The first-order chi connectivity index (χ1) is 8.99. The van der Waals surface area contributed by atoms with Gasteiger partial charge in [-0.2, -0.15) is 0 Å². The molecule has 1 heterocycles.